The third-order valence-corrected chi connectivity index (χ3v) is 6.48. The van der Waals surface area contributed by atoms with E-state index in [9.17, 15) is 0 Å². The number of hydrogen-bond donors (Lipinski definition) is 2. The van der Waals surface area contributed by atoms with Crippen molar-refractivity contribution in [3.05, 3.63) is 40.0 Å². The second kappa shape index (κ2) is 8.96. The number of rotatable bonds is 5. The molecule has 0 spiro atoms. The molecule has 0 saturated carbocycles. The number of benzene rings is 1. The number of aryl methyl sites for hydroxylation is 1. The van der Waals surface area contributed by atoms with Gasteiger partial charge < -0.3 is 15.1 Å². The normalized spacial score (nSPS) is 18.3. The summed E-state index contributed by atoms with van der Waals surface area (Å²) in [6.45, 7) is 8.80. The maximum Gasteiger partial charge on any atom is 0.234 e. The van der Waals surface area contributed by atoms with Gasteiger partial charge in [-0.1, -0.05) is 30.1 Å². The summed E-state index contributed by atoms with van der Waals surface area (Å²) in [4.78, 5) is 15.5. The van der Waals surface area contributed by atoms with Crippen LogP contribution in [0.25, 0.3) is 0 Å². The zero-order chi connectivity index (χ0) is 21.3. The first-order chi connectivity index (χ1) is 14.4. The highest BCUT2D eigenvalue weighted by molar-refractivity contribution is 6.42. The molecule has 1 aromatic heterocycles. The number of nitrogens with zero attached hydrogens (tertiary/aromatic N) is 5. The Balaban J connectivity index is 1.49. The van der Waals surface area contributed by atoms with Crippen molar-refractivity contribution in [1.29, 1.82) is 5.41 Å². The van der Waals surface area contributed by atoms with Gasteiger partial charge in [0.25, 0.3) is 0 Å². The zero-order valence-corrected chi connectivity index (χ0v) is 18.8. The molecule has 2 N–H and O–H groups in total. The van der Waals surface area contributed by atoms with Crippen LogP contribution in [0.4, 0.5) is 17.5 Å². The Morgan fingerprint density at radius 2 is 1.77 bits per heavy atom. The minimum atomic E-state index is 0.334. The SMILES string of the molecule is CCN1CCC(Nc2cc(C)nc(N3CCN(c4ccc(Cl)c(Cl)c4)C3=N)n2)CC1. The fourth-order valence-corrected chi connectivity index (χ4v) is 4.30. The summed E-state index contributed by atoms with van der Waals surface area (Å²) in [5.74, 6) is 1.71. The largest absolute Gasteiger partial charge is 0.367 e. The van der Waals surface area contributed by atoms with Crippen molar-refractivity contribution in [2.24, 2.45) is 0 Å². The number of guanidine groups is 1. The van der Waals surface area contributed by atoms with E-state index in [0.29, 0.717) is 41.1 Å². The van der Waals surface area contributed by atoms with Gasteiger partial charge in [-0.15, -0.1) is 0 Å². The lowest BCUT2D eigenvalue weighted by atomic mass is 10.1. The van der Waals surface area contributed by atoms with Crippen molar-refractivity contribution in [2.75, 3.05) is 47.8 Å². The third-order valence-electron chi connectivity index (χ3n) is 5.74. The lowest BCUT2D eigenvalue weighted by Crippen LogP contribution is -2.39. The van der Waals surface area contributed by atoms with E-state index in [0.717, 1.165) is 49.7 Å². The maximum absolute atomic E-state index is 8.67. The van der Waals surface area contributed by atoms with E-state index in [2.05, 4.69) is 22.1 Å². The van der Waals surface area contributed by atoms with Crippen LogP contribution in [-0.4, -0.2) is 59.6 Å². The molecule has 0 bridgehead atoms. The summed E-state index contributed by atoms with van der Waals surface area (Å²) in [6, 6.07) is 7.81. The van der Waals surface area contributed by atoms with E-state index in [4.69, 9.17) is 33.6 Å². The molecule has 3 heterocycles. The van der Waals surface area contributed by atoms with Crippen LogP contribution in [0.2, 0.25) is 10.0 Å². The quantitative estimate of drug-likeness (QED) is 0.713. The van der Waals surface area contributed by atoms with Gasteiger partial charge in [0.2, 0.25) is 11.9 Å². The molecule has 0 amide bonds. The molecular weight excluding hydrogens is 421 g/mol. The van der Waals surface area contributed by atoms with Crippen LogP contribution in [0.3, 0.4) is 0 Å². The Kier molecular flexibility index (Phi) is 6.32. The maximum atomic E-state index is 8.67. The van der Waals surface area contributed by atoms with Crippen LogP contribution in [0.5, 0.6) is 0 Å². The average Bonchev–Trinajstić information content (AvgIpc) is 3.11. The van der Waals surface area contributed by atoms with Crippen LogP contribution >= 0.6 is 23.2 Å². The number of halogens is 2. The molecule has 0 radical (unpaired) electrons. The second-order valence-electron chi connectivity index (χ2n) is 7.77. The molecule has 30 heavy (non-hydrogen) atoms. The first-order valence-corrected chi connectivity index (χ1v) is 11.1. The molecule has 2 saturated heterocycles. The minimum Gasteiger partial charge on any atom is -0.367 e. The van der Waals surface area contributed by atoms with Gasteiger partial charge in [-0.2, -0.15) is 4.98 Å². The van der Waals surface area contributed by atoms with E-state index < -0.39 is 0 Å². The second-order valence-corrected chi connectivity index (χ2v) is 8.59. The number of aromatic nitrogens is 2. The molecule has 7 nitrogen and oxygen atoms in total. The zero-order valence-electron chi connectivity index (χ0n) is 17.3. The molecule has 2 aliphatic heterocycles. The molecule has 0 aliphatic carbocycles. The first-order valence-electron chi connectivity index (χ1n) is 10.4. The van der Waals surface area contributed by atoms with Crippen molar-refractivity contribution >= 4 is 46.6 Å². The van der Waals surface area contributed by atoms with Gasteiger partial charge in [0.05, 0.1) is 10.0 Å². The molecule has 4 rings (SSSR count). The van der Waals surface area contributed by atoms with Crippen molar-refractivity contribution in [1.82, 2.24) is 14.9 Å². The topological polar surface area (TPSA) is 71.4 Å². The highest BCUT2D eigenvalue weighted by Gasteiger charge is 2.30. The molecule has 9 heteroatoms. The van der Waals surface area contributed by atoms with Crippen LogP contribution in [0.15, 0.2) is 24.3 Å². The van der Waals surface area contributed by atoms with Crippen LogP contribution in [-0.2, 0) is 0 Å². The average molecular weight is 448 g/mol. The number of anilines is 3. The summed E-state index contributed by atoms with van der Waals surface area (Å²) >= 11 is 12.2. The van der Waals surface area contributed by atoms with Crippen molar-refractivity contribution in [3.8, 4) is 0 Å². The fraction of sp³-hybridized carbons (Fsp3) is 0.476. The van der Waals surface area contributed by atoms with Crippen LogP contribution in [0, 0.1) is 12.3 Å². The smallest absolute Gasteiger partial charge is 0.234 e. The van der Waals surface area contributed by atoms with Gasteiger partial charge in [-0.05, 0) is 44.5 Å². The van der Waals surface area contributed by atoms with E-state index in [1.807, 2.05) is 28.9 Å². The number of nitrogens with one attached hydrogen (secondary N) is 2. The van der Waals surface area contributed by atoms with Gasteiger partial charge in [0, 0.05) is 49.7 Å². The van der Waals surface area contributed by atoms with E-state index in [1.54, 1.807) is 12.1 Å². The predicted octanol–water partition coefficient (Wildman–Crippen LogP) is 4.25. The first kappa shape index (κ1) is 21.2. The molecule has 1 aromatic carbocycles. The van der Waals surface area contributed by atoms with Crippen molar-refractivity contribution < 1.29 is 0 Å². The summed E-state index contributed by atoms with van der Waals surface area (Å²) in [7, 11) is 0. The highest BCUT2D eigenvalue weighted by Crippen LogP contribution is 2.30. The molecule has 160 valence electrons. The van der Waals surface area contributed by atoms with E-state index >= 15 is 0 Å². The molecular formula is C21H27Cl2N7. The standard InChI is InChI=1S/C21H27Cl2N7/c1-3-28-8-6-15(7-9-28)26-19-12-14(2)25-21(27-19)30-11-10-29(20(30)24)16-4-5-17(22)18(23)13-16/h4-5,12-13,15,24H,3,6-11H2,1-2H3,(H,25,26,27). The van der Waals surface area contributed by atoms with E-state index in [1.165, 1.54) is 0 Å². The Bertz CT molecular complexity index is 928. The monoisotopic (exact) mass is 447 g/mol. The summed E-state index contributed by atoms with van der Waals surface area (Å²) in [5.41, 5.74) is 1.72. The van der Waals surface area contributed by atoms with Crippen molar-refractivity contribution in [3.63, 3.8) is 0 Å². The molecule has 0 atom stereocenters. The Labute approximate surface area is 187 Å². The lowest BCUT2D eigenvalue weighted by Gasteiger charge is -2.31. The minimum absolute atomic E-state index is 0.334. The molecule has 0 unspecified atom stereocenters. The van der Waals surface area contributed by atoms with Crippen LogP contribution in [0.1, 0.15) is 25.5 Å². The predicted molar refractivity (Wildman–Crippen MR) is 124 cm³/mol. The highest BCUT2D eigenvalue weighted by atomic mass is 35.5. The Hall–Kier alpha value is -2.09. The fourth-order valence-electron chi connectivity index (χ4n) is 4.01. The van der Waals surface area contributed by atoms with Gasteiger partial charge in [0.15, 0.2) is 0 Å². The van der Waals surface area contributed by atoms with Gasteiger partial charge >= 0.3 is 0 Å². The summed E-state index contributed by atoms with van der Waals surface area (Å²) < 4.78 is 0. The molecule has 2 aromatic rings. The van der Waals surface area contributed by atoms with Gasteiger partial charge in [-0.3, -0.25) is 10.3 Å². The van der Waals surface area contributed by atoms with E-state index in [-0.39, 0.29) is 0 Å². The Morgan fingerprint density at radius 1 is 1.03 bits per heavy atom. The molecule has 2 aliphatic rings. The van der Waals surface area contributed by atoms with Gasteiger partial charge in [-0.25, -0.2) is 4.98 Å². The number of hydrogen-bond acceptors (Lipinski definition) is 5. The number of likely N-dealkylation sites (tertiary alicyclic amines) is 1. The van der Waals surface area contributed by atoms with Crippen LogP contribution < -0.4 is 15.1 Å². The number of piperidine rings is 1. The van der Waals surface area contributed by atoms with Gasteiger partial charge in [0.1, 0.15) is 5.82 Å². The molecule has 2 fully saturated rings. The Morgan fingerprint density at radius 3 is 2.47 bits per heavy atom. The lowest BCUT2D eigenvalue weighted by molar-refractivity contribution is 0.229. The third kappa shape index (κ3) is 4.48. The summed E-state index contributed by atoms with van der Waals surface area (Å²) in [6.07, 6.45) is 2.22. The van der Waals surface area contributed by atoms with Crippen molar-refractivity contribution in [2.45, 2.75) is 32.7 Å². The summed E-state index contributed by atoms with van der Waals surface area (Å²) in [5, 5.41) is 13.2.